The highest BCUT2D eigenvalue weighted by molar-refractivity contribution is 7.81. The number of carbonyl (C=O) groups is 2. The van der Waals surface area contributed by atoms with Crippen LogP contribution >= 0.6 is 12.6 Å². The number of benzene rings is 1. The maximum absolute atomic E-state index is 11.1. The van der Waals surface area contributed by atoms with Crippen LogP contribution in [0.15, 0.2) is 18.2 Å². The lowest BCUT2D eigenvalue weighted by molar-refractivity contribution is -0.113. The molecule has 0 heterocycles. The number of rotatable bonds is 3. The molecule has 0 atom stereocenters. The average molecular weight is 225 g/mol. The molecule has 4 nitrogen and oxygen atoms in total. The molecule has 1 rings (SSSR count). The number of carboxylic acids is 1. The Hall–Kier alpha value is -1.49. The van der Waals surface area contributed by atoms with E-state index in [1.807, 2.05) is 0 Å². The van der Waals surface area contributed by atoms with Gasteiger partial charge in [0.15, 0.2) is 0 Å². The first-order valence-electron chi connectivity index (χ1n) is 4.29. The summed E-state index contributed by atoms with van der Waals surface area (Å²) in [7, 11) is 0. The van der Waals surface area contributed by atoms with Gasteiger partial charge in [0.2, 0.25) is 5.91 Å². The predicted molar refractivity (Wildman–Crippen MR) is 60.6 cm³/mol. The summed E-state index contributed by atoms with van der Waals surface area (Å²) >= 11 is 3.82. The number of aromatic carboxylic acids is 1. The molecule has 0 aliphatic heterocycles. The van der Waals surface area contributed by atoms with Crippen LogP contribution in [0, 0.1) is 6.92 Å². The number of hydrogen-bond donors (Lipinski definition) is 3. The quantitative estimate of drug-likeness (QED) is 0.684. The van der Waals surface area contributed by atoms with Crippen molar-refractivity contribution in [1.82, 2.24) is 0 Å². The van der Waals surface area contributed by atoms with Crippen molar-refractivity contribution in [2.24, 2.45) is 0 Å². The van der Waals surface area contributed by atoms with Gasteiger partial charge in [-0.2, -0.15) is 12.6 Å². The van der Waals surface area contributed by atoms with Crippen LogP contribution in [-0.2, 0) is 4.79 Å². The summed E-state index contributed by atoms with van der Waals surface area (Å²) in [6, 6.07) is 4.57. The van der Waals surface area contributed by atoms with Gasteiger partial charge in [0, 0.05) is 5.69 Å². The Morgan fingerprint density at radius 3 is 2.67 bits per heavy atom. The molecule has 2 N–H and O–H groups in total. The molecule has 0 radical (unpaired) electrons. The van der Waals surface area contributed by atoms with E-state index >= 15 is 0 Å². The van der Waals surface area contributed by atoms with Gasteiger partial charge in [-0.05, 0) is 24.6 Å². The van der Waals surface area contributed by atoms with Crippen LogP contribution in [-0.4, -0.2) is 22.7 Å². The van der Waals surface area contributed by atoms with Crippen LogP contribution in [0.25, 0.3) is 0 Å². The van der Waals surface area contributed by atoms with Crippen LogP contribution in [0.3, 0.4) is 0 Å². The molecule has 0 fully saturated rings. The van der Waals surface area contributed by atoms with Crippen LogP contribution in [0.1, 0.15) is 15.9 Å². The lowest BCUT2D eigenvalue weighted by Crippen LogP contribution is -2.14. The molecule has 15 heavy (non-hydrogen) atoms. The van der Waals surface area contributed by atoms with E-state index in [0.29, 0.717) is 5.69 Å². The number of nitrogens with one attached hydrogen (secondary N) is 1. The number of carboxylic acid groups (broad SMARTS) is 1. The minimum atomic E-state index is -1.02. The SMILES string of the molecule is Cc1ccc(C(=O)O)cc1NC(=O)CS. The van der Waals surface area contributed by atoms with Gasteiger partial charge >= 0.3 is 5.97 Å². The highest BCUT2D eigenvalue weighted by atomic mass is 32.1. The number of aryl methyl sites for hydroxylation is 1. The standard InChI is InChI=1S/C10H11NO3S/c1-6-2-3-7(10(13)14)4-8(6)11-9(12)5-15/h2-4,15H,5H2,1H3,(H,11,12)(H,13,14). The fraction of sp³-hybridized carbons (Fsp3) is 0.200. The first-order chi connectivity index (χ1) is 7.04. The molecule has 0 spiro atoms. The second kappa shape index (κ2) is 4.84. The number of carbonyl (C=O) groups excluding carboxylic acids is 1. The summed E-state index contributed by atoms with van der Waals surface area (Å²) in [6.45, 7) is 1.79. The summed E-state index contributed by atoms with van der Waals surface area (Å²) in [4.78, 5) is 21.8. The Morgan fingerprint density at radius 2 is 2.13 bits per heavy atom. The maximum Gasteiger partial charge on any atom is 0.335 e. The zero-order chi connectivity index (χ0) is 11.4. The van der Waals surface area contributed by atoms with Gasteiger partial charge in [-0.25, -0.2) is 4.79 Å². The smallest absolute Gasteiger partial charge is 0.335 e. The molecular formula is C10H11NO3S. The Morgan fingerprint density at radius 1 is 1.47 bits per heavy atom. The van der Waals surface area contributed by atoms with Crippen molar-refractivity contribution in [3.05, 3.63) is 29.3 Å². The second-order valence-corrected chi connectivity index (χ2v) is 3.36. The molecule has 0 bridgehead atoms. The number of thiol groups is 1. The minimum Gasteiger partial charge on any atom is -0.478 e. The summed E-state index contributed by atoms with van der Waals surface area (Å²) in [5.74, 6) is -1.21. The molecular weight excluding hydrogens is 214 g/mol. The van der Waals surface area contributed by atoms with Crippen molar-refractivity contribution < 1.29 is 14.7 Å². The van der Waals surface area contributed by atoms with Gasteiger partial charge in [0.25, 0.3) is 0 Å². The van der Waals surface area contributed by atoms with Crippen molar-refractivity contribution in [3.63, 3.8) is 0 Å². The Labute approximate surface area is 92.7 Å². The first kappa shape index (κ1) is 11.6. The van der Waals surface area contributed by atoms with Gasteiger partial charge in [0.05, 0.1) is 11.3 Å². The van der Waals surface area contributed by atoms with Crippen LogP contribution in [0.2, 0.25) is 0 Å². The van der Waals surface area contributed by atoms with Gasteiger partial charge < -0.3 is 10.4 Å². The third-order valence-electron chi connectivity index (χ3n) is 1.90. The van der Waals surface area contributed by atoms with Gasteiger partial charge in [0.1, 0.15) is 0 Å². The molecule has 0 aliphatic rings. The van der Waals surface area contributed by atoms with E-state index < -0.39 is 5.97 Å². The average Bonchev–Trinajstić information content (AvgIpc) is 2.20. The van der Waals surface area contributed by atoms with Crippen molar-refractivity contribution in [2.45, 2.75) is 6.92 Å². The molecule has 1 aromatic rings. The van der Waals surface area contributed by atoms with Crippen LogP contribution in [0.4, 0.5) is 5.69 Å². The van der Waals surface area contributed by atoms with E-state index in [-0.39, 0.29) is 17.2 Å². The molecule has 0 aromatic heterocycles. The van der Waals surface area contributed by atoms with Crippen LogP contribution < -0.4 is 5.32 Å². The Balaban J connectivity index is 3.00. The van der Waals surface area contributed by atoms with E-state index in [9.17, 15) is 9.59 Å². The lowest BCUT2D eigenvalue weighted by Gasteiger charge is -2.07. The molecule has 0 saturated carbocycles. The van der Waals surface area contributed by atoms with Crippen molar-refractivity contribution in [3.8, 4) is 0 Å². The fourth-order valence-electron chi connectivity index (χ4n) is 1.08. The third kappa shape index (κ3) is 2.99. The van der Waals surface area contributed by atoms with Crippen molar-refractivity contribution >= 4 is 30.2 Å². The number of anilines is 1. The monoisotopic (exact) mass is 225 g/mol. The second-order valence-electron chi connectivity index (χ2n) is 3.04. The predicted octanol–water partition coefficient (Wildman–Crippen LogP) is 1.56. The molecule has 0 aliphatic carbocycles. The van der Waals surface area contributed by atoms with Crippen molar-refractivity contribution in [2.75, 3.05) is 11.1 Å². The van der Waals surface area contributed by atoms with E-state index in [1.54, 1.807) is 13.0 Å². The van der Waals surface area contributed by atoms with E-state index in [2.05, 4.69) is 17.9 Å². The van der Waals surface area contributed by atoms with Gasteiger partial charge in [-0.1, -0.05) is 6.07 Å². The fourth-order valence-corrected chi connectivity index (χ4v) is 1.16. The molecule has 0 unspecified atom stereocenters. The lowest BCUT2D eigenvalue weighted by atomic mass is 10.1. The minimum absolute atomic E-state index is 0.0662. The summed E-state index contributed by atoms with van der Waals surface area (Å²) in [5, 5.41) is 11.3. The topological polar surface area (TPSA) is 66.4 Å². The highest BCUT2D eigenvalue weighted by Crippen LogP contribution is 2.16. The van der Waals surface area contributed by atoms with E-state index in [0.717, 1.165) is 5.56 Å². The summed E-state index contributed by atoms with van der Waals surface area (Å²) in [5.41, 5.74) is 1.47. The highest BCUT2D eigenvalue weighted by Gasteiger charge is 2.07. The Kier molecular flexibility index (Phi) is 3.74. The zero-order valence-electron chi connectivity index (χ0n) is 8.15. The molecule has 0 saturated heterocycles. The molecule has 1 aromatic carbocycles. The third-order valence-corrected chi connectivity index (χ3v) is 2.19. The first-order valence-corrected chi connectivity index (χ1v) is 4.92. The van der Waals surface area contributed by atoms with E-state index in [1.165, 1.54) is 12.1 Å². The maximum atomic E-state index is 11.1. The normalized spacial score (nSPS) is 9.73. The van der Waals surface area contributed by atoms with Gasteiger partial charge in [-0.15, -0.1) is 0 Å². The number of amides is 1. The molecule has 80 valence electrons. The van der Waals surface area contributed by atoms with Crippen LogP contribution in [0.5, 0.6) is 0 Å². The summed E-state index contributed by atoms with van der Waals surface area (Å²) < 4.78 is 0. The molecule has 1 amide bonds. The zero-order valence-corrected chi connectivity index (χ0v) is 9.04. The largest absolute Gasteiger partial charge is 0.478 e. The Bertz CT molecular complexity index is 404. The van der Waals surface area contributed by atoms with E-state index in [4.69, 9.17) is 5.11 Å². The molecule has 5 heteroatoms. The number of hydrogen-bond acceptors (Lipinski definition) is 3. The van der Waals surface area contributed by atoms with Gasteiger partial charge in [-0.3, -0.25) is 4.79 Å². The summed E-state index contributed by atoms with van der Waals surface area (Å²) in [6.07, 6.45) is 0. The van der Waals surface area contributed by atoms with Crippen molar-refractivity contribution in [1.29, 1.82) is 0 Å².